The minimum absolute atomic E-state index is 0.260. The number of aliphatic hydroxyl groups excluding tert-OH is 1. The van der Waals surface area contributed by atoms with Gasteiger partial charge in [-0.1, -0.05) is 19.4 Å². The summed E-state index contributed by atoms with van der Waals surface area (Å²) in [5.74, 6) is 0.480. The van der Waals surface area contributed by atoms with E-state index in [-0.39, 0.29) is 17.7 Å². The normalized spacial score (nSPS) is 28.1. The van der Waals surface area contributed by atoms with Crippen molar-refractivity contribution in [2.24, 2.45) is 5.92 Å². The quantitative estimate of drug-likeness (QED) is 0.892. The van der Waals surface area contributed by atoms with E-state index in [1.807, 2.05) is 6.92 Å². The summed E-state index contributed by atoms with van der Waals surface area (Å²) in [7, 11) is 0. The molecule has 1 aliphatic rings. The number of rotatable bonds is 3. The Kier molecular flexibility index (Phi) is 4.23. The van der Waals surface area contributed by atoms with Crippen LogP contribution in [0.15, 0.2) is 18.2 Å². The number of benzene rings is 1. The van der Waals surface area contributed by atoms with Gasteiger partial charge < -0.3 is 9.84 Å². The summed E-state index contributed by atoms with van der Waals surface area (Å²) in [5.41, 5.74) is 0.962. The van der Waals surface area contributed by atoms with Gasteiger partial charge in [-0.2, -0.15) is 0 Å². The lowest BCUT2D eigenvalue weighted by molar-refractivity contribution is -0.0126. The van der Waals surface area contributed by atoms with Crippen molar-refractivity contribution in [3.8, 4) is 5.75 Å². The van der Waals surface area contributed by atoms with E-state index in [9.17, 15) is 9.50 Å². The van der Waals surface area contributed by atoms with Gasteiger partial charge in [-0.15, -0.1) is 0 Å². The predicted octanol–water partition coefficient (Wildman–Crippen LogP) is 3.45. The van der Waals surface area contributed by atoms with Crippen molar-refractivity contribution in [1.29, 1.82) is 0 Å². The van der Waals surface area contributed by atoms with Crippen LogP contribution in [0, 0.1) is 18.7 Å². The maximum Gasteiger partial charge on any atom is 0.165 e. The van der Waals surface area contributed by atoms with Crippen LogP contribution in [0.25, 0.3) is 0 Å². The standard InChI is InChI=1S/C15H21FO2/c1-3-11-5-7-13(17)15(9-11)18-14-8-10(2)4-6-12(14)16/h4,6,8,11,13,15,17H,3,5,7,9H2,1-2H3. The monoisotopic (exact) mass is 252 g/mol. The van der Waals surface area contributed by atoms with Crippen LogP contribution in [0.4, 0.5) is 4.39 Å². The van der Waals surface area contributed by atoms with Crippen molar-refractivity contribution in [3.05, 3.63) is 29.6 Å². The molecule has 1 aromatic rings. The zero-order valence-electron chi connectivity index (χ0n) is 11.0. The van der Waals surface area contributed by atoms with Crippen LogP contribution in [0.5, 0.6) is 5.75 Å². The van der Waals surface area contributed by atoms with Gasteiger partial charge in [0.1, 0.15) is 6.10 Å². The molecule has 1 saturated carbocycles. The average molecular weight is 252 g/mol. The summed E-state index contributed by atoms with van der Waals surface area (Å²) in [6.45, 7) is 4.05. The molecule has 0 bridgehead atoms. The lowest BCUT2D eigenvalue weighted by Gasteiger charge is -2.33. The zero-order valence-corrected chi connectivity index (χ0v) is 11.0. The fourth-order valence-corrected chi connectivity index (χ4v) is 2.56. The molecule has 0 saturated heterocycles. The molecular weight excluding hydrogens is 231 g/mol. The Morgan fingerprint density at radius 2 is 2.17 bits per heavy atom. The van der Waals surface area contributed by atoms with Gasteiger partial charge in [0.05, 0.1) is 6.10 Å². The smallest absolute Gasteiger partial charge is 0.165 e. The Morgan fingerprint density at radius 1 is 1.39 bits per heavy atom. The van der Waals surface area contributed by atoms with E-state index in [0.717, 1.165) is 31.2 Å². The first-order chi connectivity index (χ1) is 8.60. The third kappa shape index (κ3) is 3.02. The molecule has 1 aromatic carbocycles. The van der Waals surface area contributed by atoms with Gasteiger partial charge in [0.15, 0.2) is 11.6 Å². The van der Waals surface area contributed by atoms with Gasteiger partial charge >= 0.3 is 0 Å². The lowest BCUT2D eigenvalue weighted by Crippen LogP contribution is -2.38. The van der Waals surface area contributed by atoms with Crippen LogP contribution < -0.4 is 4.74 Å². The number of aliphatic hydroxyl groups is 1. The summed E-state index contributed by atoms with van der Waals surface area (Å²) in [5, 5.41) is 9.96. The summed E-state index contributed by atoms with van der Waals surface area (Å²) in [6, 6.07) is 4.82. The molecule has 3 heteroatoms. The molecule has 0 radical (unpaired) electrons. The lowest BCUT2D eigenvalue weighted by atomic mass is 9.84. The number of hydrogen-bond acceptors (Lipinski definition) is 2. The third-order valence-electron chi connectivity index (χ3n) is 3.81. The molecule has 100 valence electrons. The van der Waals surface area contributed by atoms with Gasteiger partial charge in [-0.25, -0.2) is 4.39 Å². The van der Waals surface area contributed by atoms with Crippen LogP contribution in [0.3, 0.4) is 0 Å². The van der Waals surface area contributed by atoms with Gasteiger partial charge in [-0.3, -0.25) is 0 Å². The van der Waals surface area contributed by atoms with Gasteiger partial charge in [-0.05, 0) is 49.8 Å². The van der Waals surface area contributed by atoms with Crippen LogP contribution >= 0.6 is 0 Å². The molecule has 2 nitrogen and oxygen atoms in total. The molecule has 0 aliphatic heterocycles. The number of halogens is 1. The van der Waals surface area contributed by atoms with Crippen molar-refractivity contribution in [3.63, 3.8) is 0 Å². The maximum absolute atomic E-state index is 13.6. The summed E-state index contributed by atoms with van der Waals surface area (Å²) < 4.78 is 19.3. The second-order valence-electron chi connectivity index (χ2n) is 5.24. The van der Waals surface area contributed by atoms with Crippen molar-refractivity contribution in [2.45, 2.75) is 51.7 Å². The van der Waals surface area contributed by atoms with Gasteiger partial charge in [0.2, 0.25) is 0 Å². The molecule has 3 unspecified atom stereocenters. The Morgan fingerprint density at radius 3 is 2.89 bits per heavy atom. The minimum Gasteiger partial charge on any atom is -0.485 e. The molecule has 18 heavy (non-hydrogen) atoms. The van der Waals surface area contributed by atoms with E-state index < -0.39 is 6.10 Å². The highest BCUT2D eigenvalue weighted by Crippen LogP contribution is 2.31. The van der Waals surface area contributed by atoms with E-state index in [2.05, 4.69) is 6.92 Å². The number of aryl methyl sites for hydroxylation is 1. The Hall–Kier alpha value is -1.09. The summed E-state index contributed by atoms with van der Waals surface area (Å²) >= 11 is 0. The molecule has 1 N–H and O–H groups in total. The van der Waals surface area contributed by atoms with Crippen LogP contribution in [-0.2, 0) is 0 Å². The largest absolute Gasteiger partial charge is 0.485 e. The molecule has 1 fully saturated rings. The maximum atomic E-state index is 13.6. The molecule has 0 aromatic heterocycles. The summed E-state index contributed by atoms with van der Waals surface area (Å²) in [4.78, 5) is 0. The Labute approximate surface area is 108 Å². The highest BCUT2D eigenvalue weighted by molar-refractivity contribution is 5.29. The van der Waals surface area contributed by atoms with E-state index >= 15 is 0 Å². The highest BCUT2D eigenvalue weighted by atomic mass is 19.1. The van der Waals surface area contributed by atoms with Crippen molar-refractivity contribution < 1.29 is 14.2 Å². The first kappa shape index (κ1) is 13.3. The first-order valence-corrected chi connectivity index (χ1v) is 6.71. The van der Waals surface area contributed by atoms with Crippen LogP contribution in [0.1, 0.15) is 38.2 Å². The van der Waals surface area contributed by atoms with Crippen LogP contribution in [0.2, 0.25) is 0 Å². The van der Waals surface area contributed by atoms with E-state index in [4.69, 9.17) is 4.74 Å². The molecule has 2 rings (SSSR count). The predicted molar refractivity (Wildman–Crippen MR) is 69.2 cm³/mol. The average Bonchev–Trinajstić information content (AvgIpc) is 2.36. The zero-order chi connectivity index (χ0) is 13.1. The van der Waals surface area contributed by atoms with Gasteiger partial charge in [0, 0.05) is 0 Å². The molecule has 0 amide bonds. The first-order valence-electron chi connectivity index (χ1n) is 6.71. The SMILES string of the molecule is CCC1CCC(O)C(Oc2cc(C)ccc2F)C1. The van der Waals surface area contributed by atoms with Crippen molar-refractivity contribution >= 4 is 0 Å². The third-order valence-corrected chi connectivity index (χ3v) is 3.81. The molecule has 3 atom stereocenters. The topological polar surface area (TPSA) is 29.5 Å². The Balaban J connectivity index is 2.09. The second-order valence-corrected chi connectivity index (χ2v) is 5.24. The molecule has 0 heterocycles. The molecule has 1 aliphatic carbocycles. The van der Waals surface area contributed by atoms with Crippen LogP contribution in [-0.4, -0.2) is 17.3 Å². The van der Waals surface area contributed by atoms with E-state index in [1.165, 1.54) is 6.07 Å². The second kappa shape index (κ2) is 5.70. The van der Waals surface area contributed by atoms with Crippen molar-refractivity contribution in [1.82, 2.24) is 0 Å². The highest BCUT2D eigenvalue weighted by Gasteiger charge is 2.30. The Bertz CT molecular complexity index is 405. The molecular formula is C15H21FO2. The van der Waals surface area contributed by atoms with Crippen molar-refractivity contribution in [2.75, 3.05) is 0 Å². The fraction of sp³-hybridized carbons (Fsp3) is 0.600. The number of hydrogen-bond donors (Lipinski definition) is 1. The minimum atomic E-state index is -0.479. The van der Waals surface area contributed by atoms with E-state index in [0.29, 0.717) is 5.92 Å². The summed E-state index contributed by atoms with van der Waals surface area (Å²) in [6.07, 6.45) is 2.92. The van der Waals surface area contributed by atoms with Gasteiger partial charge in [0.25, 0.3) is 0 Å². The van der Waals surface area contributed by atoms with E-state index in [1.54, 1.807) is 12.1 Å². The number of ether oxygens (including phenoxy) is 1. The molecule has 0 spiro atoms. The fourth-order valence-electron chi connectivity index (χ4n) is 2.56.